The van der Waals surface area contributed by atoms with E-state index in [0.717, 1.165) is 19.6 Å². The normalized spacial score (nSPS) is 27.8. The number of hydrogen-bond acceptors (Lipinski definition) is 3. The fourth-order valence-electron chi connectivity index (χ4n) is 1.44. The fourth-order valence-corrected chi connectivity index (χ4v) is 1.44. The maximum absolute atomic E-state index is 8.90. The molecule has 3 nitrogen and oxygen atoms in total. The van der Waals surface area contributed by atoms with E-state index in [1.807, 2.05) is 0 Å². The number of aliphatic hydroxyl groups excluding tert-OH is 1. The van der Waals surface area contributed by atoms with Crippen LogP contribution in [0.4, 0.5) is 0 Å². The quantitative estimate of drug-likeness (QED) is 0.577. The molecule has 0 aliphatic carbocycles. The van der Waals surface area contributed by atoms with E-state index in [1.165, 1.54) is 0 Å². The minimum absolute atomic E-state index is 0.253. The Morgan fingerprint density at radius 2 is 2.36 bits per heavy atom. The second-order valence-electron chi connectivity index (χ2n) is 3.42. The van der Waals surface area contributed by atoms with Crippen LogP contribution in [0, 0.1) is 0 Å². The van der Waals surface area contributed by atoms with E-state index in [1.54, 1.807) is 0 Å². The monoisotopic (exact) mass is 158 g/mol. The number of nitrogens with one attached hydrogen (secondary N) is 1. The lowest BCUT2D eigenvalue weighted by molar-refractivity contribution is 0.125. The van der Waals surface area contributed by atoms with Gasteiger partial charge in [-0.15, -0.1) is 0 Å². The van der Waals surface area contributed by atoms with Gasteiger partial charge < -0.3 is 10.4 Å². The first kappa shape index (κ1) is 8.97. The number of rotatable bonds is 2. The van der Waals surface area contributed by atoms with Crippen molar-refractivity contribution in [2.75, 3.05) is 26.2 Å². The summed E-state index contributed by atoms with van der Waals surface area (Å²) in [4.78, 5) is 2.39. The lowest BCUT2D eigenvalue weighted by Gasteiger charge is -2.35. The largest absolute Gasteiger partial charge is 0.395 e. The summed E-state index contributed by atoms with van der Waals surface area (Å²) in [5.74, 6) is 0. The molecule has 0 unspecified atom stereocenters. The van der Waals surface area contributed by atoms with E-state index >= 15 is 0 Å². The maximum atomic E-state index is 8.90. The average Bonchev–Trinajstić information content (AvgIpc) is 2.05. The second kappa shape index (κ2) is 4.04. The minimum atomic E-state index is 0.253. The van der Waals surface area contributed by atoms with Crippen molar-refractivity contribution in [2.24, 2.45) is 0 Å². The lowest BCUT2D eigenvalue weighted by atomic mass is 10.2. The third-order valence-corrected chi connectivity index (χ3v) is 2.24. The predicted molar refractivity (Wildman–Crippen MR) is 45.6 cm³/mol. The molecule has 0 aromatic rings. The van der Waals surface area contributed by atoms with Gasteiger partial charge in [-0.1, -0.05) is 0 Å². The van der Waals surface area contributed by atoms with Crippen LogP contribution in [-0.4, -0.2) is 48.3 Å². The number of piperazine rings is 1. The van der Waals surface area contributed by atoms with Crippen LogP contribution in [-0.2, 0) is 0 Å². The van der Waals surface area contributed by atoms with Crippen molar-refractivity contribution in [3.8, 4) is 0 Å². The lowest BCUT2D eigenvalue weighted by Crippen LogP contribution is -2.54. The summed E-state index contributed by atoms with van der Waals surface area (Å²) in [5, 5.41) is 12.2. The molecule has 1 heterocycles. The Labute approximate surface area is 68.4 Å². The number of nitrogens with zero attached hydrogens (tertiary/aromatic N) is 1. The molecule has 66 valence electrons. The van der Waals surface area contributed by atoms with Crippen molar-refractivity contribution in [2.45, 2.75) is 25.9 Å². The molecule has 1 atom stereocenters. The Morgan fingerprint density at radius 3 is 2.91 bits per heavy atom. The van der Waals surface area contributed by atoms with Gasteiger partial charge in [0.25, 0.3) is 0 Å². The van der Waals surface area contributed by atoms with Crippen molar-refractivity contribution in [3.63, 3.8) is 0 Å². The molecule has 0 bridgehead atoms. The molecule has 2 N–H and O–H groups in total. The van der Waals surface area contributed by atoms with E-state index in [2.05, 4.69) is 24.1 Å². The zero-order valence-electron chi connectivity index (χ0n) is 7.38. The Kier molecular flexibility index (Phi) is 3.30. The molecule has 1 aliphatic heterocycles. The van der Waals surface area contributed by atoms with Crippen LogP contribution in [0.5, 0.6) is 0 Å². The molecule has 1 saturated heterocycles. The number of hydrogen-bond donors (Lipinski definition) is 2. The topological polar surface area (TPSA) is 35.5 Å². The third kappa shape index (κ3) is 2.43. The summed E-state index contributed by atoms with van der Waals surface area (Å²) in [7, 11) is 0. The summed E-state index contributed by atoms with van der Waals surface area (Å²) in [6.45, 7) is 7.73. The Morgan fingerprint density at radius 1 is 1.64 bits per heavy atom. The summed E-state index contributed by atoms with van der Waals surface area (Å²) in [6, 6.07) is 0.886. The molecular formula is C8H18N2O. The van der Waals surface area contributed by atoms with Gasteiger partial charge in [-0.05, 0) is 13.8 Å². The van der Waals surface area contributed by atoms with Gasteiger partial charge in [0.1, 0.15) is 0 Å². The van der Waals surface area contributed by atoms with E-state index < -0.39 is 0 Å². The summed E-state index contributed by atoms with van der Waals surface area (Å²) in [5.41, 5.74) is 0. The van der Waals surface area contributed by atoms with Crippen molar-refractivity contribution >= 4 is 0 Å². The zero-order chi connectivity index (χ0) is 8.27. The van der Waals surface area contributed by atoms with E-state index in [9.17, 15) is 0 Å². The molecule has 0 aromatic heterocycles. The first-order chi connectivity index (χ1) is 5.24. The maximum Gasteiger partial charge on any atom is 0.0597 e. The van der Waals surface area contributed by atoms with Crippen LogP contribution in [0.15, 0.2) is 0 Å². The van der Waals surface area contributed by atoms with Gasteiger partial charge in [0, 0.05) is 31.7 Å². The van der Waals surface area contributed by atoms with Gasteiger partial charge in [0.05, 0.1) is 6.61 Å². The van der Waals surface area contributed by atoms with Crippen LogP contribution in [0.1, 0.15) is 13.8 Å². The van der Waals surface area contributed by atoms with Crippen LogP contribution in [0.2, 0.25) is 0 Å². The smallest absolute Gasteiger partial charge is 0.0597 e. The molecule has 11 heavy (non-hydrogen) atoms. The molecule has 3 heteroatoms. The summed E-state index contributed by atoms with van der Waals surface area (Å²) >= 11 is 0. The molecule has 1 aliphatic rings. The second-order valence-corrected chi connectivity index (χ2v) is 3.42. The fraction of sp³-hybridized carbons (Fsp3) is 1.00. The first-order valence-corrected chi connectivity index (χ1v) is 4.32. The first-order valence-electron chi connectivity index (χ1n) is 4.32. The van der Waals surface area contributed by atoms with E-state index in [-0.39, 0.29) is 12.6 Å². The zero-order valence-corrected chi connectivity index (χ0v) is 7.38. The molecule has 0 radical (unpaired) electrons. The summed E-state index contributed by atoms with van der Waals surface area (Å²) in [6.07, 6.45) is 0. The molecule has 1 rings (SSSR count). The average molecular weight is 158 g/mol. The van der Waals surface area contributed by atoms with Crippen molar-refractivity contribution in [1.29, 1.82) is 0 Å². The SMILES string of the molecule is CC(C)N1CCN[C@H](CO)C1. The highest BCUT2D eigenvalue weighted by Crippen LogP contribution is 2.02. The number of aliphatic hydroxyl groups is 1. The van der Waals surface area contributed by atoms with Crippen LogP contribution in [0.3, 0.4) is 0 Å². The highest BCUT2D eigenvalue weighted by Gasteiger charge is 2.19. The molecular weight excluding hydrogens is 140 g/mol. The van der Waals surface area contributed by atoms with Gasteiger partial charge in [-0.3, -0.25) is 4.90 Å². The molecule has 0 amide bonds. The molecule has 0 spiro atoms. The minimum Gasteiger partial charge on any atom is -0.395 e. The highest BCUT2D eigenvalue weighted by molar-refractivity contribution is 4.79. The van der Waals surface area contributed by atoms with Gasteiger partial charge in [-0.2, -0.15) is 0 Å². The van der Waals surface area contributed by atoms with Crippen molar-refractivity contribution in [3.05, 3.63) is 0 Å². The molecule has 1 fully saturated rings. The van der Waals surface area contributed by atoms with Crippen LogP contribution in [0.25, 0.3) is 0 Å². The van der Waals surface area contributed by atoms with Crippen molar-refractivity contribution < 1.29 is 5.11 Å². The van der Waals surface area contributed by atoms with E-state index in [4.69, 9.17) is 5.11 Å². The Bertz CT molecular complexity index is 117. The Balaban J connectivity index is 2.33. The van der Waals surface area contributed by atoms with Crippen molar-refractivity contribution in [1.82, 2.24) is 10.2 Å². The van der Waals surface area contributed by atoms with E-state index in [0.29, 0.717) is 6.04 Å². The van der Waals surface area contributed by atoms with Gasteiger partial charge in [-0.25, -0.2) is 0 Å². The van der Waals surface area contributed by atoms with Crippen LogP contribution >= 0.6 is 0 Å². The standard InChI is InChI=1S/C8H18N2O/c1-7(2)10-4-3-9-8(5-10)6-11/h7-9,11H,3-6H2,1-2H3/t8-/m0/s1. The third-order valence-electron chi connectivity index (χ3n) is 2.24. The summed E-state index contributed by atoms with van der Waals surface area (Å²) < 4.78 is 0. The van der Waals surface area contributed by atoms with Gasteiger partial charge in [0.15, 0.2) is 0 Å². The molecule has 0 aromatic carbocycles. The molecule has 0 saturated carbocycles. The van der Waals surface area contributed by atoms with Gasteiger partial charge in [0.2, 0.25) is 0 Å². The van der Waals surface area contributed by atoms with Crippen LogP contribution < -0.4 is 5.32 Å². The predicted octanol–water partition coefficient (Wildman–Crippen LogP) is -0.339. The van der Waals surface area contributed by atoms with Gasteiger partial charge >= 0.3 is 0 Å². The Hall–Kier alpha value is -0.120. The highest BCUT2D eigenvalue weighted by atomic mass is 16.3.